The number of primary amides is 1. The number of fused-ring (bicyclic) bond motifs is 1. The van der Waals surface area contributed by atoms with E-state index in [9.17, 15) is 23.6 Å². The number of nitrogens with zero attached hydrogens (tertiary/aromatic N) is 3. The number of allylic oxidation sites excluding steroid dienone is 1. The highest BCUT2D eigenvalue weighted by atomic mass is 32.3. The molecule has 0 fully saturated rings. The van der Waals surface area contributed by atoms with Crippen molar-refractivity contribution in [1.29, 1.82) is 0 Å². The number of amides is 1. The smallest absolute Gasteiger partial charge is 0.272 e. The maximum absolute atomic E-state index is 11.2. The zero-order valence-electron chi connectivity index (χ0n) is 11.9. The molecule has 0 saturated heterocycles. The molecule has 0 saturated carbocycles. The largest absolute Gasteiger partial charge is 0.510 e. The minimum atomic E-state index is -3.94. The van der Waals surface area contributed by atoms with Crippen LogP contribution in [0.1, 0.15) is 6.92 Å². The van der Waals surface area contributed by atoms with Crippen LogP contribution in [0.25, 0.3) is 10.9 Å². The fraction of sp³-hybridized carbons (Fsp3) is 0.0769. The summed E-state index contributed by atoms with van der Waals surface area (Å²) in [7, 11) is -3.94. The van der Waals surface area contributed by atoms with Gasteiger partial charge in [0.15, 0.2) is 5.70 Å². The van der Waals surface area contributed by atoms with Gasteiger partial charge in [-0.3, -0.25) is 9.78 Å². The predicted octanol–water partition coefficient (Wildman–Crippen LogP) is 3.18. The Morgan fingerprint density at radius 1 is 1.26 bits per heavy atom. The van der Waals surface area contributed by atoms with Gasteiger partial charge in [0.2, 0.25) is 0 Å². The van der Waals surface area contributed by atoms with Crippen molar-refractivity contribution in [2.24, 2.45) is 16.0 Å². The molecule has 0 unspecified atom stereocenters. The summed E-state index contributed by atoms with van der Waals surface area (Å²) in [5.41, 5.74) is 5.07. The van der Waals surface area contributed by atoms with Crippen LogP contribution in [0.5, 0.6) is 0 Å². The van der Waals surface area contributed by atoms with Crippen molar-refractivity contribution in [3.8, 4) is 0 Å². The fourth-order valence-corrected chi connectivity index (χ4v) is 2.57. The molecule has 23 heavy (non-hydrogen) atoms. The van der Waals surface area contributed by atoms with E-state index in [2.05, 4.69) is 15.2 Å². The van der Waals surface area contributed by atoms with Gasteiger partial charge in [-0.2, -0.15) is 0 Å². The van der Waals surface area contributed by atoms with E-state index in [1.165, 1.54) is 31.3 Å². The fourth-order valence-electron chi connectivity index (χ4n) is 1.85. The van der Waals surface area contributed by atoms with Crippen LogP contribution in [0.2, 0.25) is 0 Å². The van der Waals surface area contributed by atoms with Crippen LogP contribution in [-0.4, -0.2) is 29.7 Å². The van der Waals surface area contributed by atoms with Crippen LogP contribution >= 0.6 is 10.9 Å². The average Bonchev–Trinajstić information content (AvgIpc) is 2.45. The number of nitrogens with two attached hydrogens (primary N) is 1. The third kappa shape index (κ3) is 3.63. The summed E-state index contributed by atoms with van der Waals surface area (Å²) in [5.74, 6) is -1.34. The summed E-state index contributed by atoms with van der Waals surface area (Å²) in [5, 5.41) is 17.0. The van der Waals surface area contributed by atoms with Gasteiger partial charge < -0.3 is 24.5 Å². The van der Waals surface area contributed by atoms with Crippen molar-refractivity contribution in [3.05, 3.63) is 41.9 Å². The number of rotatable bonds is 4. The third-order valence-corrected chi connectivity index (χ3v) is 3.78. The van der Waals surface area contributed by atoms with Crippen molar-refractivity contribution >= 4 is 33.4 Å². The maximum atomic E-state index is 11.2. The molecule has 122 valence electrons. The Morgan fingerprint density at radius 3 is 2.52 bits per heavy atom. The zero-order chi connectivity index (χ0) is 17.2. The lowest BCUT2D eigenvalue weighted by molar-refractivity contribution is -0.114. The first kappa shape index (κ1) is 16.8. The number of aliphatic hydroxyl groups excluding tert-OH is 1. The first-order valence-corrected chi connectivity index (χ1v) is 7.72. The molecule has 0 aliphatic rings. The van der Waals surface area contributed by atoms with Crippen molar-refractivity contribution in [1.82, 2.24) is 4.98 Å². The minimum Gasteiger partial charge on any atom is -0.510 e. The summed E-state index contributed by atoms with van der Waals surface area (Å²) in [6.45, 7) is 1.24. The summed E-state index contributed by atoms with van der Waals surface area (Å²) >= 11 is 0. The highest BCUT2D eigenvalue weighted by Gasteiger charge is 2.20. The van der Waals surface area contributed by atoms with E-state index in [0.29, 0.717) is 0 Å². The molecule has 1 heterocycles. The van der Waals surface area contributed by atoms with E-state index in [0.717, 1.165) is 0 Å². The molecule has 9 nitrogen and oxygen atoms in total. The third-order valence-electron chi connectivity index (χ3n) is 2.84. The van der Waals surface area contributed by atoms with Crippen LogP contribution in [0.15, 0.2) is 57.0 Å². The number of hydrogen-bond acceptors (Lipinski definition) is 8. The van der Waals surface area contributed by atoms with Crippen LogP contribution in [0.4, 0.5) is 5.69 Å². The number of aliphatic hydroxyl groups is 1. The molecular formula is C13H14N4O5S. The van der Waals surface area contributed by atoms with Crippen molar-refractivity contribution in [3.63, 3.8) is 0 Å². The topological polar surface area (TPSA) is 162 Å². The van der Waals surface area contributed by atoms with E-state index in [1.54, 1.807) is 6.07 Å². The number of aromatic nitrogens is 1. The van der Waals surface area contributed by atoms with Gasteiger partial charge in [0.05, 0.1) is 10.4 Å². The van der Waals surface area contributed by atoms with E-state index >= 15 is 0 Å². The van der Waals surface area contributed by atoms with Gasteiger partial charge >= 0.3 is 0 Å². The Bertz CT molecular complexity index is 825. The Kier molecular flexibility index (Phi) is 4.61. The molecule has 1 aromatic heterocycles. The molecule has 0 aliphatic heterocycles. The van der Waals surface area contributed by atoms with Gasteiger partial charge in [-0.15, -0.1) is 10.2 Å². The van der Waals surface area contributed by atoms with Gasteiger partial charge in [-0.25, -0.2) is 0 Å². The second-order valence-corrected chi connectivity index (χ2v) is 5.98. The van der Waals surface area contributed by atoms with E-state index < -0.39 is 22.5 Å². The first-order valence-electron chi connectivity index (χ1n) is 6.21. The van der Waals surface area contributed by atoms with Crippen molar-refractivity contribution < 1.29 is 23.6 Å². The molecule has 0 spiro atoms. The normalized spacial score (nSPS) is 14.1. The minimum absolute atomic E-state index is 0.108. The Labute approximate surface area is 132 Å². The molecule has 6 N–H and O–H groups in total. The SMILES string of the molecule is C/C(O)=C(/N=Nc1ccc(S(O)(O)O)c2cccnc12)C(N)=O. The molecule has 2 aromatic rings. The first-order chi connectivity index (χ1) is 10.7. The molecule has 0 atom stereocenters. The quantitative estimate of drug-likeness (QED) is 0.326. The number of hydrogen-bond donors (Lipinski definition) is 5. The Morgan fingerprint density at radius 2 is 1.96 bits per heavy atom. The second-order valence-electron chi connectivity index (χ2n) is 4.50. The summed E-state index contributed by atoms with van der Waals surface area (Å²) in [4.78, 5) is 15.1. The van der Waals surface area contributed by atoms with Gasteiger partial charge in [-0.05, 0) is 31.2 Å². The molecule has 0 bridgehead atoms. The number of benzene rings is 1. The molecule has 1 amide bonds. The summed E-state index contributed by atoms with van der Waals surface area (Å²) in [6, 6.07) is 5.66. The number of azo groups is 1. The average molecular weight is 338 g/mol. The van der Waals surface area contributed by atoms with Gasteiger partial charge in [0.1, 0.15) is 22.3 Å². The summed E-state index contributed by atoms with van der Waals surface area (Å²) < 4.78 is 28.4. The molecule has 2 rings (SSSR count). The van der Waals surface area contributed by atoms with Crippen LogP contribution in [0, 0.1) is 0 Å². The van der Waals surface area contributed by atoms with Gasteiger partial charge in [0.25, 0.3) is 5.91 Å². The Balaban J connectivity index is 2.61. The van der Waals surface area contributed by atoms with Crippen molar-refractivity contribution in [2.75, 3.05) is 0 Å². The Hall–Kier alpha value is -2.53. The molecule has 0 aliphatic carbocycles. The van der Waals surface area contributed by atoms with Crippen LogP contribution < -0.4 is 5.73 Å². The molecule has 1 aromatic carbocycles. The summed E-state index contributed by atoms with van der Waals surface area (Å²) in [6.07, 6.45) is 1.44. The van der Waals surface area contributed by atoms with Crippen LogP contribution in [-0.2, 0) is 4.79 Å². The lowest BCUT2D eigenvalue weighted by Crippen LogP contribution is -2.13. The van der Waals surface area contributed by atoms with E-state index in [4.69, 9.17) is 5.73 Å². The van der Waals surface area contributed by atoms with Gasteiger partial charge in [-0.1, -0.05) is 0 Å². The lowest BCUT2D eigenvalue weighted by atomic mass is 10.2. The van der Waals surface area contributed by atoms with Gasteiger partial charge in [0, 0.05) is 11.6 Å². The molecule has 10 heteroatoms. The number of carbonyl (C=O) groups excluding carboxylic acids is 1. The standard InChI is InChI=1S/C13H14N4O5S/c1-7(18)11(13(14)19)17-16-9-4-5-10(23(20,21)22)8-3-2-6-15-12(8)9/h2-6,18,20-22H,1H3,(H2,14,19)/b11-7-,17-16?. The van der Waals surface area contributed by atoms with E-state index in [-0.39, 0.29) is 27.2 Å². The second kappa shape index (κ2) is 6.30. The highest BCUT2D eigenvalue weighted by molar-refractivity contribution is 8.19. The zero-order valence-corrected chi connectivity index (χ0v) is 12.7. The monoisotopic (exact) mass is 338 g/mol. The predicted molar refractivity (Wildman–Crippen MR) is 84.5 cm³/mol. The maximum Gasteiger partial charge on any atom is 0.272 e. The highest BCUT2D eigenvalue weighted by Crippen LogP contribution is 2.48. The number of carbonyl (C=O) groups is 1. The number of pyridine rings is 1. The van der Waals surface area contributed by atoms with Crippen molar-refractivity contribution in [2.45, 2.75) is 11.8 Å². The van der Waals surface area contributed by atoms with E-state index in [1.807, 2.05) is 0 Å². The molecule has 0 radical (unpaired) electrons. The lowest BCUT2D eigenvalue weighted by Gasteiger charge is -2.21. The van der Waals surface area contributed by atoms with Crippen LogP contribution in [0.3, 0.4) is 0 Å². The molecular weight excluding hydrogens is 324 g/mol.